The van der Waals surface area contributed by atoms with Crippen LogP contribution in [0.15, 0.2) is 36.4 Å². The molecule has 0 atom stereocenters. The number of aromatic nitrogens is 2. The van der Waals surface area contributed by atoms with Crippen molar-refractivity contribution < 1.29 is 14.3 Å². The molecule has 33 heavy (non-hydrogen) atoms. The van der Waals surface area contributed by atoms with Gasteiger partial charge in [0.15, 0.2) is 0 Å². The van der Waals surface area contributed by atoms with Crippen LogP contribution in [0.5, 0.6) is 5.75 Å². The fourth-order valence-electron chi connectivity index (χ4n) is 4.99. The summed E-state index contributed by atoms with van der Waals surface area (Å²) in [6, 6.07) is 11.8. The van der Waals surface area contributed by atoms with E-state index in [0.29, 0.717) is 26.1 Å². The van der Waals surface area contributed by atoms with Crippen LogP contribution in [0.25, 0.3) is 0 Å². The minimum absolute atomic E-state index is 0.0844. The zero-order chi connectivity index (χ0) is 23.3. The molecule has 1 aromatic carbocycles. The van der Waals surface area contributed by atoms with Gasteiger partial charge in [-0.25, -0.2) is 0 Å². The SMILES string of the molecule is Cc1cc(C)n(CC(=O)N2CCC(COc3ccccc3)(CC(=O)N3CCCCC3)CC2)n1. The van der Waals surface area contributed by atoms with Crippen molar-refractivity contribution >= 4 is 11.8 Å². The third-order valence-electron chi connectivity index (χ3n) is 7.09. The van der Waals surface area contributed by atoms with Crippen LogP contribution in [-0.2, 0) is 16.1 Å². The normalized spacial score (nSPS) is 18.2. The molecule has 0 radical (unpaired) electrons. The molecule has 3 heterocycles. The van der Waals surface area contributed by atoms with Gasteiger partial charge in [0.2, 0.25) is 11.8 Å². The molecule has 0 saturated carbocycles. The highest BCUT2D eigenvalue weighted by Crippen LogP contribution is 2.37. The maximum Gasteiger partial charge on any atom is 0.244 e. The molecule has 178 valence electrons. The highest BCUT2D eigenvalue weighted by molar-refractivity contribution is 5.78. The van der Waals surface area contributed by atoms with Crippen molar-refractivity contribution in [3.05, 3.63) is 47.8 Å². The molecule has 2 fully saturated rings. The second-order valence-electron chi connectivity index (χ2n) is 9.69. The summed E-state index contributed by atoms with van der Waals surface area (Å²) < 4.78 is 7.93. The largest absolute Gasteiger partial charge is 0.493 e. The molecule has 2 amide bonds. The van der Waals surface area contributed by atoms with Gasteiger partial charge in [-0.15, -0.1) is 0 Å². The molecule has 2 aromatic rings. The van der Waals surface area contributed by atoms with E-state index < -0.39 is 0 Å². The van der Waals surface area contributed by atoms with E-state index in [1.54, 1.807) is 4.68 Å². The summed E-state index contributed by atoms with van der Waals surface area (Å²) in [6.45, 7) is 7.68. The van der Waals surface area contributed by atoms with Gasteiger partial charge in [-0.1, -0.05) is 18.2 Å². The lowest BCUT2D eigenvalue weighted by Gasteiger charge is -2.42. The van der Waals surface area contributed by atoms with E-state index in [1.807, 2.05) is 60.0 Å². The summed E-state index contributed by atoms with van der Waals surface area (Å²) in [6.07, 6.45) is 5.41. The maximum absolute atomic E-state index is 13.2. The number of hydrogen-bond donors (Lipinski definition) is 0. The number of piperidine rings is 2. The van der Waals surface area contributed by atoms with Crippen LogP contribution in [0.4, 0.5) is 0 Å². The van der Waals surface area contributed by atoms with Crippen molar-refractivity contribution in [2.24, 2.45) is 5.41 Å². The summed E-state index contributed by atoms with van der Waals surface area (Å²) >= 11 is 0. The average molecular weight is 453 g/mol. The van der Waals surface area contributed by atoms with Crippen molar-refractivity contribution in [1.29, 1.82) is 0 Å². The average Bonchev–Trinajstić information content (AvgIpc) is 3.15. The molecule has 1 aromatic heterocycles. The lowest BCUT2D eigenvalue weighted by molar-refractivity contribution is -0.139. The van der Waals surface area contributed by atoms with Gasteiger partial charge >= 0.3 is 0 Å². The van der Waals surface area contributed by atoms with Crippen LogP contribution in [0.3, 0.4) is 0 Å². The number of rotatable bonds is 7. The zero-order valence-electron chi connectivity index (χ0n) is 20.0. The summed E-state index contributed by atoms with van der Waals surface area (Å²) in [7, 11) is 0. The van der Waals surface area contributed by atoms with E-state index in [-0.39, 0.29) is 23.8 Å². The molecule has 7 heteroatoms. The molecule has 0 bridgehead atoms. The molecular weight excluding hydrogens is 416 g/mol. The Morgan fingerprint density at radius 1 is 0.939 bits per heavy atom. The number of likely N-dealkylation sites (tertiary alicyclic amines) is 2. The van der Waals surface area contributed by atoms with E-state index in [2.05, 4.69) is 5.10 Å². The Kier molecular flexibility index (Phi) is 7.36. The number of aryl methyl sites for hydroxylation is 2. The molecule has 0 unspecified atom stereocenters. The van der Waals surface area contributed by atoms with E-state index in [0.717, 1.165) is 55.9 Å². The Hall–Kier alpha value is -2.83. The lowest BCUT2D eigenvalue weighted by Crippen LogP contribution is -2.49. The predicted octanol–water partition coefficient (Wildman–Crippen LogP) is 3.59. The zero-order valence-corrected chi connectivity index (χ0v) is 20.0. The van der Waals surface area contributed by atoms with E-state index >= 15 is 0 Å². The van der Waals surface area contributed by atoms with Crippen molar-refractivity contribution in [1.82, 2.24) is 19.6 Å². The number of ether oxygens (including phenoxy) is 1. The molecule has 2 saturated heterocycles. The summed E-state index contributed by atoms with van der Waals surface area (Å²) in [4.78, 5) is 30.0. The topological polar surface area (TPSA) is 67.7 Å². The van der Waals surface area contributed by atoms with Crippen LogP contribution in [0.2, 0.25) is 0 Å². The van der Waals surface area contributed by atoms with Gasteiger partial charge in [-0.3, -0.25) is 14.3 Å². The van der Waals surface area contributed by atoms with Gasteiger partial charge in [0.1, 0.15) is 12.3 Å². The van der Waals surface area contributed by atoms with Gasteiger partial charge < -0.3 is 14.5 Å². The van der Waals surface area contributed by atoms with Crippen LogP contribution >= 0.6 is 0 Å². The molecule has 4 rings (SSSR count). The molecule has 0 N–H and O–H groups in total. The molecule has 2 aliphatic heterocycles. The standard InChI is InChI=1S/C26H36N4O3/c1-21-17-22(2)30(27-21)19-25(32)29-15-11-26(12-16-29,20-33-23-9-5-3-6-10-23)18-24(31)28-13-7-4-8-14-28/h3,5-6,9-10,17H,4,7-8,11-16,18-20H2,1-2H3. The Morgan fingerprint density at radius 3 is 2.24 bits per heavy atom. The first-order valence-electron chi connectivity index (χ1n) is 12.2. The first-order valence-corrected chi connectivity index (χ1v) is 12.2. The van der Waals surface area contributed by atoms with Crippen molar-refractivity contribution in [2.45, 2.75) is 58.9 Å². The van der Waals surface area contributed by atoms with E-state index in [4.69, 9.17) is 4.74 Å². The lowest BCUT2D eigenvalue weighted by atomic mass is 9.75. The van der Waals surface area contributed by atoms with E-state index in [1.165, 1.54) is 6.42 Å². The van der Waals surface area contributed by atoms with Gasteiger partial charge in [0.05, 0.1) is 12.3 Å². The Bertz CT molecular complexity index is 942. The molecule has 2 aliphatic rings. The third-order valence-corrected chi connectivity index (χ3v) is 7.09. The van der Waals surface area contributed by atoms with Crippen molar-refractivity contribution in [2.75, 3.05) is 32.8 Å². The number of benzene rings is 1. The minimum Gasteiger partial charge on any atom is -0.493 e. The second kappa shape index (κ2) is 10.4. The summed E-state index contributed by atoms with van der Waals surface area (Å²) in [5.41, 5.74) is 1.67. The number of carbonyl (C=O) groups excluding carboxylic acids is 2. The number of nitrogens with zero attached hydrogens (tertiary/aromatic N) is 4. The highest BCUT2D eigenvalue weighted by Gasteiger charge is 2.40. The van der Waals surface area contributed by atoms with Gasteiger partial charge in [0, 0.05) is 43.7 Å². The molecule has 0 aliphatic carbocycles. The van der Waals surface area contributed by atoms with Gasteiger partial charge in [-0.2, -0.15) is 5.10 Å². The number of hydrogen-bond acceptors (Lipinski definition) is 4. The molecule has 7 nitrogen and oxygen atoms in total. The molecular formula is C26H36N4O3. The highest BCUT2D eigenvalue weighted by atomic mass is 16.5. The number of carbonyl (C=O) groups is 2. The van der Waals surface area contributed by atoms with Crippen molar-refractivity contribution in [3.8, 4) is 5.75 Å². The van der Waals surface area contributed by atoms with Crippen LogP contribution < -0.4 is 4.74 Å². The predicted molar refractivity (Wildman–Crippen MR) is 127 cm³/mol. The molecule has 0 spiro atoms. The first-order chi connectivity index (χ1) is 15.9. The summed E-state index contributed by atoms with van der Waals surface area (Å²) in [5.74, 6) is 1.14. The van der Waals surface area contributed by atoms with Crippen LogP contribution in [0.1, 0.15) is 49.9 Å². The second-order valence-corrected chi connectivity index (χ2v) is 9.69. The number of para-hydroxylation sites is 1. The first kappa shape index (κ1) is 23.3. The quantitative estimate of drug-likeness (QED) is 0.644. The Balaban J connectivity index is 1.40. The Labute approximate surface area is 196 Å². The van der Waals surface area contributed by atoms with Crippen LogP contribution in [0, 0.1) is 19.3 Å². The van der Waals surface area contributed by atoms with Gasteiger partial charge in [-0.05, 0) is 64.2 Å². The third kappa shape index (κ3) is 5.95. The monoisotopic (exact) mass is 452 g/mol. The summed E-state index contributed by atoms with van der Waals surface area (Å²) in [5, 5.41) is 4.43. The van der Waals surface area contributed by atoms with Crippen molar-refractivity contribution in [3.63, 3.8) is 0 Å². The van der Waals surface area contributed by atoms with E-state index in [9.17, 15) is 9.59 Å². The number of amides is 2. The minimum atomic E-state index is -0.251. The smallest absolute Gasteiger partial charge is 0.244 e. The van der Waals surface area contributed by atoms with Gasteiger partial charge in [0.25, 0.3) is 0 Å². The van der Waals surface area contributed by atoms with Crippen LogP contribution in [-0.4, -0.2) is 64.2 Å². The Morgan fingerprint density at radius 2 is 1.61 bits per heavy atom. The maximum atomic E-state index is 13.2. The fraction of sp³-hybridized carbons (Fsp3) is 0.577. The fourth-order valence-corrected chi connectivity index (χ4v) is 4.99.